The average Bonchev–Trinajstić information content (AvgIpc) is 2.94. The van der Waals surface area contributed by atoms with Crippen molar-refractivity contribution >= 4 is 0 Å². The Morgan fingerprint density at radius 3 is 2.37 bits per heavy atom. The Kier molecular flexibility index (Phi) is 2.81. The molecule has 0 aromatic carbocycles. The largest absolute Gasteiger partial charge is 0.388 e. The minimum absolute atomic E-state index is 0.246. The normalized spacial score (nSPS) is 52.1. The minimum atomic E-state index is -0.739. The fourth-order valence-electron chi connectivity index (χ4n) is 5.63. The molecule has 0 spiro atoms. The third kappa shape index (κ3) is 1.70. The van der Waals surface area contributed by atoms with Crippen LogP contribution >= 0.6 is 0 Å². The number of fused-ring (bicyclic) bond motifs is 2. The fourth-order valence-corrected chi connectivity index (χ4v) is 5.63. The molecule has 5 unspecified atom stereocenters. The predicted molar refractivity (Wildman–Crippen MR) is 75.2 cm³/mol. The molecule has 0 heterocycles. The van der Waals surface area contributed by atoms with E-state index in [0.29, 0.717) is 17.3 Å². The van der Waals surface area contributed by atoms with Gasteiger partial charge in [-0.1, -0.05) is 27.2 Å². The van der Waals surface area contributed by atoms with E-state index in [-0.39, 0.29) is 5.92 Å². The number of hydrogen-bond donors (Lipinski definition) is 1. The molecule has 3 rings (SSSR count). The summed E-state index contributed by atoms with van der Waals surface area (Å²) in [6.45, 7) is 6.76. The van der Waals surface area contributed by atoms with Crippen LogP contribution in [0.3, 0.4) is 0 Å². The zero-order valence-corrected chi connectivity index (χ0v) is 12.6. The Labute approximate surface area is 117 Å². The van der Waals surface area contributed by atoms with Gasteiger partial charge in [0.15, 0.2) is 0 Å². The van der Waals surface area contributed by atoms with Crippen molar-refractivity contribution in [3.63, 3.8) is 0 Å². The summed E-state index contributed by atoms with van der Waals surface area (Å²) in [5.41, 5.74) is -0.858. The molecule has 0 saturated heterocycles. The van der Waals surface area contributed by atoms with Crippen LogP contribution in [0.1, 0.15) is 65.7 Å². The summed E-state index contributed by atoms with van der Waals surface area (Å²) in [7, 11) is 0. The SMILES string of the molecule is CC1CC(C)(C)CCC1(O)C1(C#N)CC2CCC1C2. The van der Waals surface area contributed by atoms with Crippen molar-refractivity contribution < 1.29 is 5.11 Å². The van der Waals surface area contributed by atoms with Crippen molar-refractivity contribution in [2.45, 2.75) is 71.3 Å². The summed E-state index contributed by atoms with van der Waals surface area (Å²) < 4.78 is 0. The van der Waals surface area contributed by atoms with Crippen LogP contribution in [0.25, 0.3) is 0 Å². The van der Waals surface area contributed by atoms with Crippen LogP contribution in [0.2, 0.25) is 0 Å². The summed E-state index contributed by atoms with van der Waals surface area (Å²) in [6.07, 6.45) is 7.50. The van der Waals surface area contributed by atoms with Gasteiger partial charge < -0.3 is 5.11 Å². The molecule has 106 valence electrons. The highest BCUT2D eigenvalue weighted by Gasteiger charge is 2.64. The molecule has 3 aliphatic carbocycles. The van der Waals surface area contributed by atoms with Crippen LogP contribution in [0.15, 0.2) is 0 Å². The van der Waals surface area contributed by atoms with Gasteiger partial charge in [0, 0.05) is 0 Å². The van der Waals surface area contributed by atoms with E-state index in [2.05, 4.69) is 26.8 Å². The maximum Gasteiger partial charge on any atom is 0.0893 e. The molecular formula is C17H27NO. The first-order valence-corrected chi connectivity index (χ1v) is 7.97. The second-order valence-corrected chi connectivity index (χ2v) is 8.36. The van der Waals surface area contributed by atoms with E-state index in [1.54, 1.807) is 0 Å². The molecule has 19 heavy (non-hydrogen) atoms. The number of nitrogens with zero attached hydrogens (tertiary/aromatic N) is 1. The quantitative estimate of drug-likeness (QED) is 0.778. The molecule has 2 bridgehead atoms. The lowest BCUT2D eigenvalue weighted by atomic mass is 9.52. The van der Waals surface area contributed by atoms with Crippen molar-refractivity contribution in [2.24, 2.45) is 28.6 Å². The first kappa shape index (κ1) is 13.4. The van der Waals surface area contributed by atoms with Crippen molar-refractivity contribution in [3.8, 4) is 6.07 Å². The van der Waals surface area contributed by atoms with Crippen LogP contribution in [0.5, 0.6) is 0 Å². The van der Waals surface area contributed by atoms with Gasteiger partial charge in [0.1, 0.15) is 0 Å². The molecular weight excluding hydrogens is 234 g/mol. The van der Waals surface area contributed by atoms with Crippen LogP contribution in [0, 0.1) is 39.9 Å². The van der Waals surface area contributed by atoms with Crippen molar-refractivity contribution in [3.05, 3.63) is 0 Å². The summed E-state index contributed by atoms with van der Waals surface area (Å²) in [4.78, 5) is 0. The Bertz CT molecular complexity index is 423. The van der Waals surface area contributed by atoms with Gasteiger partial charge in [-0.05, 0) is 61.7 Å². The van der Waals surface area contributed by atoms with Crippen LogP contribution < -0.4 is 0 Å². The average molecular weight is 261 g/mol. The minimum Gasteiger partial charge on any atom is -0.388 e. The van der Waals surface area contributed by atoms with Gasteiger partial charge >= 0.3 is 0 Å². The van der Waals surface area contributed by atoms with E-state index in [1.807, 2.05) is 0 Å². The Balaban J connectivity index is 1.94. The number of aliphatic hydroxyl groups is 1. The lowest BCUT2D eigenvalue weighted by Gasteiger charge is -2.54. The number of hydrogen-bond acceptors (Lipinski definition) is 2. The highest BCUT2D eigenvalue weighted by atomic mass is 16.3. The highest BCUT2D eigenvalue weighted by Crippen LogP contribution is 2.64. The maximum atomic E-state index is 11.4. The van der Waals surface area contributed by atoms with E-state index < -0.39 is 11.0 Å². The van der Waals surface area contributed by atoms with E-state index in [1.165, 1.54) is 12.8 Å². The smallest absolute Gasteiger partial charge is 0.0893 e. The third-order valence-corrected chi connectivity index (χ3v) is 6.68. The summed E-state index contributed by atoms with van der Waals surface area (Å²) in [5, 5.41) is 21.3. The monoisotopic (exact) mass is 261 g/mol. The van der Waals surface area contributed by atoms with Crippen LogP contribution in [-0.4, -0.2) is 10.7 Å². The molecule has 2 nitrogen and oxygen atoms in total. The Hall–Kier alpha value is -0.550. The summed E-state index contributed by atoms with van der Waals surface area (Å²) >= 11 is 0. The van der Waals surface area contributed by atoms with Gasteiger partial charge in [0.05, 0.1) is 17.1 Å². The standard InChI is InChI=1S/C17H27NO/c1-12-9-15(2,3)6-7-17(12,19)16(11-18)10-13-4-5-14(16)8-13/h12-14,19H,4-10H2,1-3H3. The Morgan fingerprint density at radius 1 is 1.16 bits per heavy atom. The van der Waals surface area contributed by atoms with Crippen molar-refractivity contribution in [1.29, 1.82) is 5.26 Å². The highest BCUT2D eigenvalue weighted by molar-refractivity contribution is 5.22. The molecule has 0 aliphatic heterocycles. The van der Waals surface area contributed by atoms with Gasteiger partial charge in [-0.2, -0.15) is 5.26 Å². The predicted octanol–water partition coefficient (Wildman–Crippen LogP) is 3.89. The van der Waals surface area contributed by atoms with Crippen molar-refractivity contribution in [2.75, 3.05) is 0 Å². The van der Waals surface area contributed by atoms with E-state index in [4.69, 9.17) is 0 Å². The lowest BCUT2D eigenvalue weighted by molar-refractivity contribution is -0.156. The second kappa shape index (κ2) is 3.98. The van der Waals surface area contributed by atoms with Gasteiger partial charge in [0.2, 0.25) is 0 Å². The summed E-state index contributed by atoms with van der Waals surface area (Å²) in [6, 6.07) is 2.63. The third-order valence-electron chi connectivity index (χ3n) is 6.68. The first-order valence-electron chi connectivity index (χ1n) is 7.97. The van der Waals surface area contributed by atoms with Gasteiger partial charge in [-0.25, -0.2) is 0 Å². The molecule has 2 heteroatoms. The van der Waals surface area contributed by atoms with Gasteiger partial charge in [-0.15, -0.1) is 0 Å². The molecule has 0 aromatic heterocycles. The van der Waals surface area contributed by atoms with E-state index in [0.717, 1.165) is 32.1 Å². The molecule has 0 aromatic rings. The molecule has 3 saturated carbocycles. The van der Waals surface area contributed by atoms with Crippen LogP contribution in [-0.2, 0) is 0 Å². The molecule has 0 amide bonds. The Morgan fingerprint density at radius 2 is 1.89 bits per heavy atom. The molecule has 5 atom stereocenters. The number of nitriles is 1. The fraction of sp³-hybridized carbons (Fsp3) is 0.941. The zero-order valence-electron chi connectivity index (χ0n) is 12.6. The van der Waals surface area contributed by atoms with E-state index >= 15 is 0 Å². The topological polar surface area (TPSA) is 44.0 Å². The van der Waals surface area contributed by atoms with Crippen LogP contribution in [0.4, 0.5) is 0 Å². The molecule has 3 aliphatic rings. The molecule has 3 fully saturated rings. The second-order valence-electron chi connectivity index (χ2n) is 8.36. The van der Waals surface area contributed by atoms with Gasteiger partial charge in [0.25, 0.3) is 0 Å². The zero-order chi connectivity index (χ0) is 13.9. The maximum absolute atomic E-state index is 11.4. The van der Waals surface area contributed by atoms with Gasteiger partial charge in [-0.3, -0.25) is 0 Å². The molecule has 0 radical (unpaired) electrons. The number of rotatable bonds is 1. The summed E-state index contributed by atoms with van der Waals surface area (Å²) in [5.74, 6) is 1.40. The van der Waals surface area contributed by atoms with Crippen molar-refractivity contribution in [1.82, 2.24) is 0 Å². The lowest BCUT2D eigenvalue weighted by Crippen LogP contribution is -2.57. The first-order chi connectivity index (χ1) is 8.83. The van der Waals surface area contributed by atoms with E-state index in [9.17, 15) is 10.4 Å². The molecule has 1 N–H and O–H groups in total.